The number of amides is 1. The molecule has 0 aliphatic heterocycles. The van der Waals surface area contributed by atoms with Crippen LogP contribution in [0.25, 0.3) is 10.8 Å². The minimum Gasteiger partial charge on any atom is -0.362 e. The number of hydrogen-bond acceptors (Lipinski definition) is 5. The van der Waals surface area contributed by atoms with Gasteiger partial charge in [-0.2, -0.15) is 4.98 Å². The van der Waals surface area contributed by atoms with Gasteiger partial charge in [0.25, 0.3) is 5.91 Å². The van der Waals surface area contributed by atoms with Gasteiger partial charge in [0.15, 0.2) is 0 Å². The van der Waals surface area contributed by atoms with Gasteiger partial charge in [-0.15, -0.1) is 0 Å². The van der Waals surface area contributed by atoms with Crippen molar-refractivity contribution in [2.45, 2.75) is 63.5 Å². The highest BCUT2D eigenvalue weighted by atomic mass is 16.1. The van der Waals surface area contributed by atoms with Crippen LogP contribution in [0.5, 0.6) is 0 Å². The normalized spacial score (nSPS) is 20.2. The molecule has 1 amide bonds. The van der Waals surface area contributed by atoms with Gasteiger partial charge in [0.1, 0.15) is 5.82 Å². The van der Waals surface area contributed by atoms with Crippen LogP contribution in [0.2, 0.25) is 0 Å². The molecule has 0 radical (unpaired) electrons. The summed E-state index contributed by atoms with van der Waals surface area (Å²) in [4.78, 5) is 24.6. The van der Waals surface area contributed by atoms with Crippen molar-refractivity contribution in [2.24, 2.45) is 0 Å². The Bertz CT molecular complexity index is 1150. The van der Waals surface area contributed by atoms with Crippen molar-refractivity contribution in [3.63, 3.8) is 0 Å². The zero-order valence-electron chi connectivity index (χ0n) is 19.6. The van der Waals surface area contributed by atoms with E-state index in [2.05, 4.69) is 35.7 Å². The van der Waals surface area contributed by atoms with Crippen LogP contribution in [0.3, 0.4) is 0 Å². The fourth-order valence-electron chi connectivity index (χ4n) is 5.17. The zero-order valence-corrected chi connectivity index (χ0v) is 19.6. The lowest BCUT2D eigenvalue weighted by Crippen LogP contribution is -2.40. The van der Waals surface area contributed by atoms with Crippen molar-refractivity contribution < 1.29 is 4.79 Å². The molecule has 2 aromatic carbocycles. The number of anilines is 2. The van der Waals surface area contributed by atoms with Gasteiger partial charge in [-0.25, -0.2) is 4.98 Å². The van der Waals surface area contributed by atoms with Gasteiger partial charge >= 0.3 is 0 Å². The van der Waals surface area contributed by atoms with Crippen LogP contribution in [0.1, 0.15) is 60.1 Å². The monoisotopic (exact) mass is 443 g/mol. The third-order valence-corrected chi connectivity index (χ3v) is 6.99. The van der Waals surface area contributed by atoms with E-state index >= 15 is 0 Å². The molecule has 3 aromatic rings. The molecule has 1 aromatic heterocycles. The molecule has 0 unspecified atom stereocenters. The Balaban J connectivity index is 1.19. The SMILES string of the molecule is CN(C)c1nc(NC2CCC(NC(=O)c3ccc4ccccc4c3)CC2)nc2c1CCCC2. The van der Waals surface area contributed by atoms with Gasteiger partial charge in [0.2, 0.25) is 5.95 Å². The summed E-state index contributed by atoms with van der Waals surface area (Å²) < 4.78 is 0. The number of aromatic nitrogens is 2. The highest BCUT2D eigenvalue weighted by molar-refractivity contribution is 5.98. The summed E-state index contributed by atoms with van der Waals surface area (Å²) in [7, 11) is 4.12. The van der Waals surface area contributed by atoms with E-state index in [1.54, 1.807) is 0 Å². The number of aryl methyl sites for hydroxylation is 1. The average Bonchev–Trinajstić information content (AvgIpc) is 2.84. The molecule has 33 heavy (non-hydrogen) atoms. The lowest BCUT2D eigenvalue weighted by molar-refractivity contribution is 0.0926. The van der Waals surface area contributed by atoms with E-state index in [4.69, 9.17) is 9.97 Å². The van der Waals surface area contributed by atoms with E-state index in [9.17, 15) is 4.79 Å². The Morgan fingerprint density at radius 3 is 2.42 bits per heavy atom. The highest BCUT2D eigenvalue weighted by Gasteiger charge is 2.25. The Morgan fingerprint density at radius 2 is 1.64 bits per heavy atom. The smallest absolute Gasteiger partial charge is 0.251 e. The summed E-state index contributed by atoms with van der Waals surface area (Å²) in [5.41, 5.74) is 3.25. The average molecular weight is 444 g/mol. The highest BCUT2D eigenvalue weighted by Crippen LogP contribution is 2.29. The second-order valence-electron chi connectivity index (χ2n) is 9.63. The number of carbonyl (C=O) groups excluding carboxylic acids is 1. The second-order valence-corrected chi connectivity index (χ2v) is 9.63. The fraction of sp³-hybridized carbons (Fsp3) is 0.444. The molecule has 0 saturated heterocycles. The van der Waals surface area contributed by atoms with Crippen LogP contribution in [0.15, 0.2) is 42.5 Å². The molecular formula is C27H33N5O. The van der Waals surface area contributed by atoms with E-state index in [1.807, 2.05) is 36.4 Å². The summed E-state index contributed by atoms with van der Waals surface area (Å²) in [5, 5.41) is 9.09. The van der Waals surface area contributed by atoms with Gasteiger partial charge in [-0.3, -0.25) is 4.79 Å². The number of carbonyl (C=O) groups is 1. The van der Waals surface area contributed by atoms with Crippen LogP contribution in [-0.2, 0) is 12.8 Å². The standard InChI is InChI=1S/C27H33N5O/c1-32(2)25-23-9-5-6-10-24(23)30-27(31-25)29-22-15-13-21(14-16-22)28-26(33)20-12-11-18-7-3-4-8-19(18)17-20/h3-4,7-8,11-12,17,21-22H,5-6,9-10,13-16H2,1-2H3,(H,28,33)(H,29,30,31). The maximum Gasteiger partial charge on any atom is 0.251 e. The molecule has 0 atom stereocenters. The summed E-state index contributed by atoms with van der Waals surface area (Å²) in [6.07, 6.45) is 8.47. The van der Waals surface area contributed by atoms with Crippen molar-refractivity contribution in [1.82, 2.24) is 15.3 Å². The van der Waals surface area contributed by atoms with E-state index in [0.717, 1.165) is 66.6 Å². The molecule has 2 aliphatic rings. The molecule has 0 bridgehead atoms. The first kappa shape index (κ1) is 21.7. The number of hydrogen-bond donors (Lipinski definition) is 2. The van der Waals surface area contributed by atoms with Gasteiger partial charge < -0.3 is 15.5 Å². The van der Waals surface area contributed by atoms with E-state index < -0.39 is 0 Å². The molecule has 5 rings (SSSR count). The number of nitrogens with one attached hydrogen (secondary N) is 2. The van der Waals surface area contributed by atoms with Gasteiger partial charge in [-0.05, 0) is 74.3 Å². The van der Waals surface area contributed by atoms with Crippen molar-refractivity contribution in [3.8, 4) is 0 Å². The lowest BCUT2D eigenvalue weighted by Gasteiger charge is -2.30. The quantitative estimate of drug-likeness (QED) is 0.597. The molecule has 2 aliphatic carbocycles. The van der Waals surface area contributed by atoms with Gasteiger partial charge in [-0.1, -0.05) is 30.3 Å². The van der Waals surface area contributed by atoms with E-state index in [1.165, 1.54) is 24.1 Å². The Morgan fingerprint density at radius 1 is 0.909 bits per heavy atom. The topological polar surface area (TPSA) is 70.2 Å². The van der Waals surface area contributed by atoms with Crippen molar-refractivity contribution in [3.05, 3.63) is 59.3 Å². The second kappa shape index (κ2) is 9.38. The maximum absolute atomic E-state index is 12.8. The molecule has 1 heterocycles. The molecule has 6 nitrogen and oxygen atoms in total. The third-order valence-electron chi connectivity index (χ3n) is 6.99. The maximum atomic E-state index is 12.8. The van der Waals surface area contributed by atoms with E-state index in [0.29, 0.717) is 6.04 Å². The van der Waals surface area contributed by atoms with Crippen LogP contribution < -0.4 is 15.5 Å². The molecule has 172 valence electrons. The Labute approximate surface area is 195 Å². The minimum atomic E-state index is 0.0193. The van der Waals surface area contributed by atoms with Crippen LogP contribution in [0.4, 0.5) is 11.8 Å². The minimum absolute atomic E-state index is 0.0193. The first-order chi connectivity index (χ1) is 16.1. The molecule has 6 heteroatoms. The summed E-state index contributed by atoms with van der Waals surface area (Å²) >= 11 is 0. The predicted molar refractivity (Wildman–Crippen MR) is 134 cm³/mol. The fourth-order valence-corrected chi connectivity index (χ4v) is 5.17. The lowest BCUT2D eigenvalue weighted by atomic mass is 9.91. The molecule has 0 spiro atoms. The van der Waals surface area contributed by atoms with Crippen LogP contribution >= 0.6 is 0 Å². The Hall–Kier alpha value is -3.15. The van der Waals surface area contributed by atoms with Crippen LogP contribution in [0, 0.1) is 0 Å². The first-order valence-corrected chi connectivity index (χ1v) is 12.2. The Kier molecular flexibility index (Phi) is 6.16. The zero-order chi connectivity index (χ0) is 22.8. The van der Waals surface area contributed by atoms with Gasteiger partial charge in [0.05, 0.1) is 5.69 Å². The molecule has 2 N–H and O–H groups in total. The number of rotatable bonds is 5. The predicted octanol–water partition coefficient (Wildman–Crippen LogP) is 4.73. The molecular weight excluding hydrogens is 410 g/mol. The summed E-state index contributed by atoms with van der Waals surface area (Å²) in [6, 6.07) is 14.6. The number of fused-ring (bicyclic) bond motifs is 2. The van der Waals surface area contributed by atoms with Gasteiger partial charge in [0, 0.05) is 37.3 Å². The van der Waals surface area contributed by atoms with Crippen molar-refractivity contribution in [2.75, 3.05) is 24.3 Å². The van der Waals surface area contributed by atoms with Crippen molar-refractivity contribution in [1.29, 1.82) is 0 Å². The van der Waals surface area contributed by atoms with Crippen molar-refractivity contribution >= 4 is 28.4 Å². The summed E-state index contributed by atoms with van der Waals surface area (Å²) in [5.74, 6) is 1.83. The van der Waals surface area contributed by atoms with E-state index in [-0.39, 0.29) is 11.9 Å². The first-order valence-electron chi connectivity index (χ1n) is 12.2. The van der Waals surface area contributed by atoms with Crippen LogP contribution in [-0.4, -0.2) is 42.1 Å². The number of nitrogens with zero attached hydrogens (tertiary/aromatic N) is 3. The number of benzene rings is 2. The summed E-state index contributed by atoms with van der Waals surface area (Å²) in [6.45, 7) is 0. The molecule has 1 saturated carbocycles. The largest absolute Gasteiger partial charge is 0.362 e. The molecule has 1 fully saturated rings. The third kappa shape index (κ3) is 4.80.